The molecule has 1 aromatic heterocycles. The van der Waals surface area contributed by atoms with E-state index in [4.69, 9.17) is 0 Å². The molecule has 0 aliphatic rings. The van der Waals surface area contributed by atoms with Crippen molar-refractivity contribution in [3.05, 3.63) is 59.7 Å². The van der Waals surface area contributed by atoms with Gasteiger partial charge in [-0.1, -0.05) is 19.1 Å². The maximum Gasteiger partial charge on any atom is 0.123 e. The van der Waals surface area contributed by atoms with Crippen LogP contribution in [0.15, 0.2) is 42.7 Å². The lowest BCUT2D eigenvalue weighted by Gasteiger charge is -2.18. The standard InChI is InChI=1S/C15H17FN2/c1-3-15(12-4-6-13(16)7-5-12)18-14-8-11(2)9-17-10-14/h4-10,15,18H,3H2,1-2H3. The number of rotatable bonds is 4. The number of anilines is 1. The molecule has 0 radical (unpaired) electrons. The van der Waals surface area contributed by atoms with Crippen LogP contribution in [-0.2, 0) is 0 Å². The van der Waals surface area contributed by atoms with Crippen LogP contribution in [0.4, 0.5) is 10.1 Å². The van der Waals surface area contributed by atoms with Crippen LogP contribution in [0.3, 0.4) is 0 Å². The van der Waals surface area contributed by atoms with E-state index in [1.807, 2.05) is 25.3 Å². The third-order valence-electron chi connectivity index (χ3n) is 2.90. The first-order valence-electron chi connectivity index (χ1n) is 6.12. The molecule has 0 fully saturated rings. The molecular weight excluding hydrogens is 227 g/mol. The van der Waals surface area contributed by atoms with Crippen molar-refractivity contribution in [3.8, 4) is 0 Å². The zero-order chi connectivity index (χ0) is 13.0. The SMILES string of the molecule is CCC(Nc1cncc(C)c1)c1ccc(F)cc1. The summed E-state index contributed by atoms with van der Waals surface area (Å²) in [6.45, 7) is 4.11. The summed E-state index contributed by atoms with van der Waals surface area (Å²) in [5.74, 6) is -0.203. The van der Waals surface area contributed by atoms with E-state index in [1.54, 1.807) is 6.20 Å². The summed E-state index contributed by atoms with van der Waals surface area (Å²) in [5, 5.41) is 3.42. The second-order valence-electron chi connectivity index (χ2n) is 4.41. The summed E-state index contributed by atoms with van der Waals surface area (Å²) in [4.78, 5) is 4.16. The largest absolute Gasteiger partial charge is 0.377 e. The lowest BCUT2D eigenvalue weighted by Crippen LogP contribution is -2.10. The van der Waals surface area contributed by atoms with Crippen molar-refractivity contribution < 1.29 is 4.39 Å². The molecule has 18 heavy (non-hydrogen) atoms. The van der Waals surface area contributed by atoms with E-state index in [0.717, 1.165) is 23.2 Å². The molecule has 1 heterocycles. The highest BCUT2D eigenvalue weighted by atomic mass is 19.1. The normalized spacial score (nSPS) is 12.2. The molecular formula is C15H17FN2. The number of hydrogen-bond acceptors (Lipinski definition) is 2. The average Bonchev–Trinajstić information content (AvgIpc) is 2.37. The second kappa shape index (κ2) is 5.63. The smallest absolute Gasteiger partial charge is 0.123 e. The summed E-state index contributed by atoms with van der Waals surface area (Å²) in [7, 11) is 0. The maximum atomic E-state index is 12.9. The topological polar surface area (TPSA) is 24.9 Å². The first-order valence-corrected chi connectivity index (χ1v) is 6.12. The number of pyridine rings is 1. The third kappa shape index (κ3) is 3.06. The molecule has 1 aromatic carbocycles. The van der Waals surface area contributed by atoms with Crippen molar-refractivity contribution in [2.75, 3.05) is 5.32 Å². The summed E-state index contributed by atoms with van der Waals surface area (Å²) in [5.41, 5.74) is 3.19. The van der Waals surface area contributed by atoms with Gasteiger partial charge in [0.2, 0.25) is 0 Å². The minimum atomic E-state index is -0.203. The molecule has 0 amide bonds. The first kappa shape index (κ1) is 12.6. The zero-order valence-electron chi connectivity index (χ0n) is 10.7. The van der Waals surface area contributed by atoms with Gasteiger partial charge in [-0.05, 0) is 42.7 Å². The lowest BCUT2D eigenvalue weighted by molar-refractivity contribution is 0.625. The molecule has 1 atom stereocenters. The fourth-order valence-corrected chi connectivity index (χ4v) is 1.95. The zero-order valence-corrected chi connectivity index (χ0v) is 10.7. The molecule has 2 rings (SSSR count). The predicted octanol–water partition coefficient (Wildman–Crippen LogP) is 4.09. The van der Waals surface area contributed by atoms with E-state index < -0.39 is 0 Å². The minimum Gasteiger partial charge on any atom is -0.377 e. The van der Waals surface area contributed by atoms with Crippen molar-refractivity contribution in [3.63, 3.8) is 0 Å². The molecule has 0 aliphatic carbocycles. The van der Waals surface area contributed by atoms with E-state index in [1.165, 1.54) is 12.1 Å². The van der Waals surface area contributed by atoms with Crippen molar-refractivity contribution in [2.24, 2.45) is 0 Å². The van der Waals surface area contributed by atoms with E-state index in [9.17, 15) is 4.39 Å². The highest BCUT2D eigenvalue weighted by molar-refractivity contribution is 5.45. The Morgan fingerprint density at radius 3 is 2.56 bits per heavy atom. The fourth-order valence-electron chi connectivity index (χ4n) is 1.95. The Bertz CT molecular complexity index is 508. The van der Waals surface area contributed by atoms with Gasteiger partial charge in [0.25, 0.3) is 0 Å². The quantitative estimate of drug-likeness (QED) is 0.876. The monoisotopic (exact) mass is 244 g/mol. The molecule has 1 unspecified atom stereocenters. The molecule has 2 nitrogen and oxygen atoms in total. The van der Waals surface area contributed by atoms with Crippen LogP contribution in [-0.4, -0.2) is 4.98 Å². The van der Waals surface area contributed by atoms with E-state index in [-0.39, 0.29) is 11.9 Å². The molecule has 94 valence electrons. The molecule has 0 saturated heterocycles. The van der Waals surface area contributed by atoms with Crippen LogP contribution >= 0.6 is 0 Å². The summed E-state index contributed by atoms with van der Waals surface area (Å²) in [6.07, 6.45) is 4.56. The highest BCUT2D eigenvalue weighted by Gasteiger charge is 2.09. The van der Waals surface area contributed by atoms with Gasteiger partial charge >= 0.3 is 0 Å². The molecule has 3 heteroatoms. The number of benzene rings is 1. The van der Waals surface area contributed by atoms with Gasteiger partial charge in [0, 0.05) is 12.4 Å². The van der Waals surface area contributed by atoms with Gasteiger partial charge in [0.15, 0.2) is 0 Å². The molecule has 0 bridgehead atoms. The first-order chi connectivity index (χ1) is 8.69. The predicted molar refractivity (Wildman–Crippen MR) is 72.0 cm³/mol. The minimum absolute atomic E-state index is 0.175. The van der Waals surface area contributed by atoms with E-state index in [2.05, 4.69) is 23.3 Å². The van der Waals surface area contributed by atoms with Crippen LogP contribution in [0.1, 0.15) is 30.5 Å². The fraction of sp³-hybridized carbons (Fsp3) is 0.267. The molecule has 0 spiro atoms. The number of hydrogen-bond donors (Lipinski definition) is 1. The van der Waals surface area contributed by atoms with E-state index in [0.29, 0.717) is 0 Å². The van der Waals surface area contributed by atoms with Gasteiger partial charge in [-0.2, -0.15) is 0 Å². The molecule has 2 aromatic rings. The lowest BCUT2D eigenvalue weighted by atomic mass is 10.0. The van der Waals surface area contributed by atoms with Crippen molar-refractivity contribution in [2.45, 2.75) is 26.3 Å². The van der Waals surface area contributed by atoms with Crippen LogP contribution in [0.2, 0.25) is 0 Å². The van der Waals surface area contributed by atoms with Crippen LogP contribution in [0.25, 0.3) is 0 Å². The number of aromatic nitrogens is 1. The van der Waals surface area contributed by atoms with Gasteiger partial charge < -0.3 is 5.32 Å². The number of aryl methyl sites for hydroxylation is 1. The Kier molecular flexibility index (Phi) is 3.92. The Morgan fingerprint density at radius 1 is 1.22 bits per heavy atom. The van der Waals surface area contributed by atoms with Gasteiger partial charge in [-0.15, -0.1) is 0 Å². The van der Waals surface area contributed by atoms with Crippen molar-refractivity contribution in [1.29, 1.82) is 0 Å². The summed E-state index contributed by atoms with van der Waals surface area (Å²) >= 11 is 0. The summed E-state index contributed by atoms with van der Waals surface area (Å²) < 4.78 is 12.9. The molecule has 0 saturated carbocycles. The van der Waals surface area contributed by atoms with Crippen molar-refractivity contribution in [1.82, 2.24) is 4.98 Å². The van der Waals surface area contributed by atoms with Gasteiger partial charge in [-0.3, -0.25) is 4.98 Å². The Balaban J connectivity index is 2.17. The number of nitrogens with one attached hydrogen (secondary N) is 1. The van der Waals surface area contributed by atoms with Crippen LogP contribution in [0.5, 0.6) is 0 Å². The summed E-state index contributed by atoms with van der Waals surface area (Å²) in [6, 6.07) is 8.86. The maximum absolute atomic E-state index is 12.9. The van der Waals surface area contributed by atoms with Gasteiger partial charge in [-0.25, -0.2) is 4.39 Å². The third-order valence-corrected chi connectivity index (χ3v) is 2.90. The number of nitrogens with zero attached hydrogens (tertiary/aromatic N) is 1. The molecule has 1 N–H and O–H groups in total. The highest BCUT2D eigenvalue weighted by Crippen LogP contribution is 2.22. The van der Waals surface area contributed by atoms with Gasteiger partial charge in [0.1, 0.15) is 5.82 Å². The Labute approximate surface area is 107 Å². The van der Waals surface area contributed by atoms with Gasteiger partial charge in [0.05, 0.1) is 11.7 Å². The second-order valence-corrected chi connectivity index (χ2v) is 4.41. The number of halogens is 1. The average molecular weight is 244 g/mol. The van der Waals surface area contributed by atoms with Crippen LogP contribution < -0.4 is 5.32 Å². The van der Waals surface area contributed by atoms with E-state index >= 15 is 0 Å². The van der Waals surface area contributed by atoms with Crippen molar-refractivity contribution >= 4 is 5.69 Å². The Morgan fingerprint density at radius 2 is 1.94 bits per heavy atom. The Hall–Kier alpha value is -1.90. The van der Waals surface area contributed by atoms with Crippen LogP contribution in [0, 0.1) is 12.7 Å². The molecule has 0 aliphatic heterocycles.